The fraction of sp³-hybridized carbons (Fsp3) is 0.217. The zero-order chi connectivity index (χ0) is 21.1. The number of aromatic nitrogens is 5. The molecule has 2 heterocycles. The lowest BCUT2D eigenvalue weighted by atomic mass is 10.0. The molecule has 4 aromatic rings. The molecular weight excluding hydrogens is 374 g/mol. The third kappa shape index (κ3) is 4.15. The van der Waals surface area contributed by atoms with Crippen molar-refractivity contribution >= 4 is 23.1 Å². The number of hydrogen-bond acceptors (Lipinski definition) is 6. The third-order valence-corrected chi connectivity index (χ3v) is 4.65. The topological polar surface area (TPSA) is 71.8 Å². The molecule has 0 aliphatic carbocycles. The second-order valence-electron chi connectivity index (χ2n) is 8.05. The highest BCUT2D eigenvalue weighted by Crippen LogP contribution is 2.34. The summed E-state index contributed by atoms with van der Waals surface area (Å²) in [5, 5.41) is 7.46. The van der Waals surface area contributed by atoms with Gasteiger partial charge in [0.1, 0.15) is 18.5 Å². The molecule has 7 nitrogen and oxygen atoms in total. The number of hydrogen-bond donors (Lipinski definition) is 1. The van der Waals surface area contributed by atoms with Gasteiger partial charge < -0.3 is 10.2 Å². The minimum Gasteiger partial charge on any atom is -0.324 e. The van der Waals surface area contributed by atoms with E-state index in [1.54, 1.807) is 11.0 Å². The summed E-state index contributed by atoms with van der Waals surface area (Å²) in [4.78, 5) is 15.6. The Kier molecular flexibility index (Phi) is 5.18. The van der Waals surface area contributed by atoms with Crippen molar-refractivity contribution < 1.29 is 0 Å². The molecule has 0 radical (unpaired) electrons. The van der Waals surface area contributed by atoms with E-state index < -0.39 is 0 Å². The molecule has 0 saturated heterocycles. The van der Waals surface area contributed by atoms with Gasteiger partial charge in [-0.25, -0.2) is 14.6 Å². The van der Waals surface area contributed by atoms with Crippen molar-refractivity contribution in [3.8, 4) is 5.69 Å². The van der Waals surface area contributed by atoms with Crippen LogP contribution in [-0.4, -0.2) is 30.3 Å². The predicted molar refractivity (Wildman–Crippen MR) is 120 cm³/mol. The number of nitrogens with zero attached hydrogens (tertiary/aromatic N) is 6. The number of nitrogens with one attached hydrogen (secondary N) is 1. The summed E-state index contributed by atoms with van der Waals surface area (Å²) in [7, 11) is 0. The SMILES string of the molecule is Cc1cnc(Nc2ccc(-n3cncn3)cc2)nc1N(c1ccccc1)C(C)(C)C. The van der Waals surface area contributed by atoms with Crippen LogP contribution in [0.15, 0.2) is 73.4 Å². The molecule has 0 spiro atoms. The number of para-hydroxylation sites is 1. The molecule has 2 aromatic carbocycles. The first-order valence-corrected chi connectivity index (χ1v) is 9.83. The van der Waals surface area contributed by atoms with Crippen molar-refractivity contribution in [3.63, 3.8) is 0 Å². The molecule has 1 N–H and O–H groups in total. The van der Waals surface area contributed by atoms with Crippen LogP contribution in [-0.2, 0) is 0 Å². The maximum Gasteiger partial charge on any atom is 0.229 e. The lowest BCUT2D eigenvalue weighted by molar-refractivity contribution is 0.554. The van der Waals surface area contributed by atoms with Crippen LogP contribution >= 0.6 is 0 Å². The van der Waals surface area contributed by atoms with Gasteiger partial charge in [0.25, 0.3) is 0 Å². The van der Waals surface area contributed by atoms with Gasteiger partial charge >= 0.3 is 0 Å². The summed E-state index contributed by atoms with van der Waals surface area (Å²) in [5.74, 6) is 1.43. The van der Waals surface area contributed by atoms with Gasteiger partial charge in [-0.3, -0.25) is 0 Å². The van der Waals surface area contributed by atoms with Crippen molar-refractivity contribution in [3.05, 3.63) is 79.0 Å². The summed E-state index contributed by atoms with van der Waals surface area (Å²) >= 11 is 0. The van der Waals surface area contributed by atoms with Crippen LogP contribution in [0.2, 0.25) is 0 Å². The summed E-state index contributed by atoms with van der Waals surface area (Å²) in [6, 6.07) is 18.2. The second-order valence-corrected chi connectivity index (χ2v) is 8.05. The van der Waals surface area contributed by atoms with Crippen LogP contribution < -0.4 is 10.2 Å². The summed E-state index contributed by atoms with van der Waals surface area (Å²) in [5.41, 5.74) is 3.79. The summed E-state index contributed by atoms with van der Waals surface area (Å²) in [6.45, 7) is 8.57. The van der Waals surface area contributed by atoms with Crippen molar-refractivity contribution in [2.75, 3.05) is 10.2 Å². The molecular formula is C23H25N7. The van der Waals surface area contributed by atoms with E-state index in [9.17, 15) is 0 Å². The molecule has 0 amide bonds. The Labute approximate surface area is 176 Å². The van der Waals surface area contributed by atoms with Gasteiger partial charge in [0.05, 0.1) is 5.69 Å². The smallest absolute Gasteiger partial charge is 0.229 e. The highest BCUT2D eigenvalue weighted by molar-refractivity contribution is 5.66. The Morgan fingerprint density at radius 3 is 2.33 bits per heavy atom. The molecule has 0 saturated carbocycles. The van der Waals surface area contributed by atoms with Crippen molar-refractivity contribution in [2.45, 2.75) is 33.2 Å². The molecule has 0 fully saturated rings. The van der Waals surface area contributed by atoms with Crippen molar-refractivity contribution in [2.24, 2.45) is 0 Å². The Bertz CT molecular complexity index is 1100. The molecule has 0 unspecified atom stereocenters. The molecule has 152 valence electrons. The monoisotopic (exact) mass is 399 g/mol. The fourth-order valence-corrected chi connectivity index (χ4v) is 3.29. The summed E-state index contributed by atoms with van der Waals surface area (Å²) < 4.78 is 1.71. The van der Waals surface area contributed by atoms with Crippen LogP contribution in [0.1, 0.15) is 26.3 Å². The van der Waals surface area contributed by atoms with Gasteiger partial charge in [0.15, 0.2) is 0 Å². The number of benzene rings is 2. The van der Waals surface area contributed by atoms with Crippen LogP contribution in [0.5, 0.6) is 0 Å². The van der Waals surface area contributed by atoms with E-state index in [4.69, 9.17) is 4.98 Å². The number of anilines is 4. The third-order valence-electron chi connectivity index (χ3n) is 4.65. The first-order valence-electron chi connectivity index (χ1n) is 9.83. The van der Waals surface area contributed by atoms with Gasteiger partial charge in [-0.05, 0) is 64.1 Å². The first-order chi connectivity index (χ1) is 14.4. The second kappa shape index (κ2) is 7.94. The molecule has 4 rings (SSSR count). The molecule has 7 heteroatoms. The standard InChI is InChI=1S/C23H25N7/c1-17-14-25-22(27-18-10-12-19(13-11-18)29-16-24-15-26-29)28-21(17)30(23(2,3)4)20-8-6-5-7-9-20/h5-16H,1-4H3,(H,25,27,28). The highest BCUT2D eigenvalue weighted by atomic mass is 15.3. The molecule has 0 atom stereocenters. The minimum atomic E-state index is -0.156. The first kappa shape index (κ1) is 19.6. The van der Waals surface area contributed by atoms with Crippen LogP contribution in [0.25, 0.3) is 5.69 Å². The lowest BCUT2D eigenvalue weighted by Crippen LogP contribution is -2.38. The van der Waals surface area contributed by atoms with E-state index in [1.807, 2.05) is 55.6 Å². The van der Waals surface area contributed by atoms with E-state index in [0.29, 0.717) is 5.95 Å². The largest absolute Gasteiger partial charge is 0.324 e. The number of rotatable bonds is 5. The highest BCUT2D eigenvalue weighted by Gasteiger charge is 2.26. The zero-order valence-corrected chi connectivity index (χ0v) is 17.6. The van der Waals surface area contributed by atoms with Gasteiger partial charge in [-0.1, -0.05) is 18.2 Å². The molecule has 0 aliphatic heterocycles. The van der Waals surface area contributed by atoms with Crippen LogP contribution in [0.4, 0.5) is 23.1 Å². The Hall–Kier alpha value is -3.74. The van der Waals surface area contributed by atoms with Gasteiger partial charge in [-0.15, -0.1) is 0 Å². The average Bonchev–Trinajstić information content (AvgIpc) is 3.26. The maximum atomic E-state index is 4.86. The van der Waals surface area contributed by atoms with Crippen LogP contribution in [0.3, 0.4) is 0 Å². The average molecular weight is 400 g/mol. The quantitative estimate of drug-likeness (QED) is 0.507. The van der Waals surface area contributed by atoms with E-state index in [1.165, 1.54) is 6.33 Å². The Morgan fingerprint density at radius 2 is 1.70 bits per heavy atom. The maximum absolute atomic E-state index is 4.86. The minimum absolute atomic E-state index is 0.156. The zero-order valence-electron chi connectivity index (χ0n) is 17.6. The van der Waals surface area contributed by atoms with Gasteiger partial charge in [0.2, 0.25) is 5.95 Å². The van der Waals surface area contributed by atoms with Crippen LogP contribution in [0, 0.1) is 6.92 Å². The predicted octanol–water partition coefficient (Wildman–Crippen LogP) is 5.05. The van der Waals surface area contributed by atoms with E-state index in [0.717, 1.165) is 28.4 Å². The lowest BCUT2D eigenvalue weighted by Gasteiger charge is -2.37. The Morgan fingerprint density at radius 1 is 0.967 bits per heavy atom. The van der Waals surface area contributed by atoms with Gasteiger partial charge in [0, 0.05) is 28.7 Å². The summed E-state index contributed by atoms with van der Waals surface area (Å²) in [6.07, 6.45) is 5.04. The van der Waals surface area contributed by atoms with Gasteiger partial charge in [-0.2, -0.15) is 10.1 Å². The fourth-order valence-electron chi connectivity index (χ4n) is 3.29. The number of aryl methyl sites for hydroxylation is 1. The Balaban J connectivity index is 1.64. The van der Waals surface area contributed by atoms with E-state index >= 15 is 0 Å². The van der Waals surface area contributed by atoms with Crippen molar-refractivity contribution in [1.82, 2.24) is 24.7 Å². The molecule has 2 aromatic heterocycles. The van der Waals surface area contributed by atoms with Crippen molar-refractivity contribution in [1.29, 1.82) is 0 Å². The molecule has 0 bridgehead atoms. The normalized spacial score (nSPS) is 11.3. The molecule has 30 heavy (non-hydrogen) atoms. The molecule has 0 aliphatic rings. The van der Waals surface area contributed by atoms with E-state index in [2.05, 4.69) is 58.2 Å². The van der Waals surface area contributed by atoms with E-state index in [-0.39, 0.29) is 5.54 Å².